The van der Waals surface area contributed by atoms with E-state index in [2.05, 4.69) is 0 Å². The van der Waals surface area contributed by atoms with Gasteiger partial charge in [0.2, 0.25) is 0 Å². The number of aryl methyl sites for hydroxylation is 2. The number of hydrogen-bond donors (Lipinski definition) is 4. The smallest absolute Gasteiger partial charge is 0.323 e. The Labute approximate surface area is 760 Å². The quantitative estimate of drug-likeness (QED) is 0.0303. The molecule has 24 nitrogen and oxygen atoms in total. The number of rotatable bonds is 28. The number of hydrogen-bond acceptors (Lipinski definition) is 24. The van der Waals surface area contributed by atoms with E-state index in [-0.39, 0.29) is 189 Å². The molecule has 4 fully saturated rings. The molecule has 0 aliphatic carbocycles. The van der Waals surface area contributed by atoms with Gasteiger partial charge in [-0.25, -0.2) is 0 Å². The van der Waals surface area contributed by atoms with Crippen LogP contribution in [0.1, 0.15) is 272 Å². The van der Waals surface area contributed by atoms with E-state index < -0.39 is 210 Å². The molecule has 0 aromatic heterocycles. The average molecular weight is 1700 g/mol. The number of carbonyl (C=O) groups excluding carboxylic acids is 4. The summed E-state index contributed by atoms with van der Waals surface area (Å²) in [6.07, 6.45) is -14.6. The van der Waals surface area contributed by atoms with Gasteiger partial charge >= 0.3 is 23.9 Å². The largest absolute Gasteiger partial charge is 0.493 e. The number of esters is 4. The van der Waals surface area contributed by atoms with Gasteiger partial charge in [-0.1, -0.05) is 111 Å². The SMILES string of the molecule is [2H]C([2H])([2H])Oc1cc2c(cc1OC)C1([2H])CC([2H])(OC(=O)[C@@H](N)C(C)C)C(CC(C)C)CN1C([2H])([2H])C2([2H])[2H].[2H]C1(OC(=O)[C@@H](N)C(C)C)CC2([2H])c3cc(OC)c(OC)cc3C([2H])([2H])C([2H])([2H])N2CC1CC(C)C.[2H]c1c(OC)c(OC([2H])([2H])[2H])c([2H])c2c1C1CC(OC(=O)[C@@H](N)C(C)C)C(CC(C)C)CN1C([2H])([2H])C2([2H])[2H].[2H]c1c(OC)c(OC)c([2H])c2c1C1CC(OC(=O)[C@@H](N)C(C)C)C(CC(C)C)CN1C([2H])([2H])C2([2H])[2H]. The zero-order valence-electron chi connectivity index (χ0n) is 104. The van der Waals surface area contributed by atoms with Crippen LogP contribution in [0.15, 0.2) is 48.4 Å². The van der Waals surface area contributed by atoms with Gasteiger partial charge in [0.15, 0.2) is 46.0 Å². The van der Waals surface area contributed by atoms with E-state index in [9.17, 15) is 24.7 Å². The van der Waals surface area contributed by atoms with Gasteiger partial charge in [-0.05, 0) is 191 Å². The highest BCUT2D eigenvalue weighted by Gasteiger charge is 2.47. The molecule has 0 bridgehead atoms. The monoisotopic (exact) mass is 1700 g/mol. The molecular formula is C96H152N8O16. The van der Waals surface area contributed by atoms with E-state index in [1.807, 2.05) is 69.2 Å². The fourth-order valence-electron chi connectivity index (χ4n) is 16.0. The first kappa shape index (κ1) is 62.0. The van der Waals surface area contributed by atoms with Crippen molar-refractivity contribution in [1.82, 2.24) is 19.6 Å². The van der Waals surface area contributed by atoms with Gasteiger partial charge in [-0.2, -0.15) is 0 Å². The van der Waals surface area contributed by atoms with Crippen LogP contribution in [0.5, 0.6) is 46.0 Å². The highest BCUT2D eigenvalue weighted by molar-refractivity contribution is 5.77. The Balaban J connectivity index is 0.000000222. The van der Waals surface area contributed by atoms with Crippen molar-refractivity contribution in [2.24, 2.45) is 93.9 Å². The Hall–Kier alpha value is -7.16. The van der Waals surface area contributed by atoms with E-state index >= 15 is 0 Å². The fourth-order valence-corrected chi connectivity index (χ4v) is 16.0. The molecule has 0 saturated carbocycles. The second-order valence-electron chi connectivity index (χ2n) is 35.0. The lowest BCUT2D eigenvalue weighted by molar-refractivity contribution is -0.161. The second-order valence-corrected chi connectivity index (χ2v) is 35.0. The molecule has 8 aliphatic heterocycles. The maximum atomic E-state index is 12.9. The maximum Gasteiger partial charge on any atom is 0.323 e. The molecule has 8 heterocycles. The molecule has 4 aromatic carbocycles. The number of ether oxygens (including phenoxy) is 12. The number of nitrogens with two attached hydrogens (primary N) is 4. The van der Waals surface area contributed by atoms with Crippen molar-refractivity contribution < 1.29 is 117 Å². The Morgan fingerprint density at radius 3 is 0.967 bits per heavy atom. The van der Waals surface area contributed by atoms with Gasteiger partial charge in [0, 0.05) is 148 Å². The summed E-state index contributed by atoms with van der Waals surface area (Å²) in [7, 11) is 1.95. The van der Waals surface area contributed by atoms with Crippen molar-refractivity contribution in [3.05, 3.63) is 92.9 Å². The summed E-state index contributed by atoms with van der Waals surface area (Å²) in [4.78, 5) is 56.5. The van der Waals surface area contributed by atoms with Crippen LogP contribution in [-0.4, -0.2) is 201 Å². The summed E-state index contributed by atoms with van der Waals surface area (Å²) >= 11 is 0. The topological polar surface area (TPSA) is 296 Å². The van der Waals surface area contributed by atoms with Gasteiger partial charge in [-0.3, -0.25) is 38.8 Å². The van der Waals surface area contributed by atoms with Crippen LogP contribution in [0.2, 0.25) is 0 Å². The first-order chi connectivity index (χ1) is 68.4. The molecule has 0 radical (unpaired) electrons. The average Bonchev–Trinajstić information content (AvgIpc) is 0.687. The minimum absolute atomic E-state index is 0.0147. The number of nitrogens with zero attached hydrogens (tertiary/aromatic N) is 4. The van der Waals surface area contributed by atoms with Gasteiger partial charge in [0.1, 0.15) is 48.5 Å². The molecule has 16 atom stereocenters. The van der Waals surface area contributed by atoms with Crippen molar-refractivity contribution in [1.29, 1.82) is 0 Å². The van der Waals surface area contributed by atoms with Crippen LogP contribution in [0, 0.1) is 71.0 Å². The van der Waals surface area contributed by atoms with Gasteiger partial charge < -0.3 is 79.8 Å². The molecule has 12 unspecified atom stereocenters. The molecule has 0 amide bonds. The molecule has 4 aromatic rings. The summed E-state index contributed by atoms with van der Waals surface area (Å²) in [5.74, 6) is -6.17. The van der Waals surface area contributed by atoms with E-state index in [0.29, 0.717) is 25.7 Å². The number of methoxy groups -OCH3 is 8. The predicted molar refractivity (Wildman–Crippen MR) is 471 cm³/mol. The van der Waals surface area contributed by atoms with Crippen LogP contribution < -0.4 is 60.8 Å². The van der Waals surface area contributed by atoms with Crippen LogP contribution in [-0.2, 0) is 63.6 Å². The highest BCUT2D eigenvalue weighted by atomic mass is 16.6. The second kappa shape index (κ2) is 43.9. The van der Waals surface area contributed by atoms with Crippen LogP contribution in [0.4, 0.5) is 0 Å². The zero-order chi connectivity index (χ0) is 115. The fraction of sp³-hybridized carbons (Fsp3) is 0.708. The minimum atomic E-state index is -3.03. The summed E-state index contributed by atoms with van der Waals surface area (Å²) in [5, 5.41) is 0. The Bertz CT molecular complexity index is 5510. The first-order valence-electron chi connectivity index (χ1n) is 56.8. The molecule has 120 heavy (non-hydrogen) atoms. The molecule has 8 N–H and O–H groups in total. The third-order valence-corrected chi connectivity index (χ3v) is 22.8. The van der Waals surface area contributed by atoms with Crippen LogP contribution >= 0.6 is 0 Å². The van der Waals surface area contributed by atoms with E-state index in [1.165, 1.54) is 75.6 Å². The zero-order valence-corrected chi connectivity index (χ0v) is 74.0. The van der Waals surface area contributed by atoms with Crippen molar-refractivity contribution in [3.63, 3.8) is 0 Å². The number of fused-ring (bicyclic) bond motifs is 12. The van der Waals surface area contributed by atoms with Crippen molar-refractivity contribution >= 4 is 23.9 Å². The lowest BCUT2D eigenvalue weighted by atomic mass is 9.79. The van der Waals surface area contributed by atoms with E-state index in [1.54, 1.807) is 41.5 Å². The molecule has 0 spiro atoms. The summed E-state index contributed by atoms with van der Waals surface area (Å²) in [6.45, 7) is 19.2. The lowest BCUT2D eigenvalue weighted by Crippen LogP contribution is -2.51. The number of piperidine rings is 4. The number of carbonyl (C=O) groups is 4. The molecule has 4 saturated heterocycles. The predicted octanol–water partition coefficient (Wildman–Crippen LogP) is 14.3. The van der Waals surface area contributed by atoms with Gasteiger partial charge in [0.25, 0.3) is 0 Å². The lowest BCUT2D eigenvalue weighted by Gasteiger charge is -2.47. The normalized spacial score (nSPS) is 34.6. The van der Waals surface area contributed by atoms with E-state index in [0.717, 1.165) is 11.0 Å². The Morgan fingerprint density at radius 2 is 0.642 bits per heavy atom. The molecular weight excluding hydrogens is 1520 g/mol. The first-order valence-corrected chi connectivity index (χ1v) is 41.8. The molecule has 12 rings (SSSR count). The van der Waals surface area contributed by atoms with E-state index in [4.69, 9.17) is 115 Å². The molecule has 8 aliphatic rings. The number of benzene rings is 4. The Morgan fingerprint density at radius 1 is 0.367 bits per heavy atom. The summed E-state index contributed by atoms with van der Waals surface area (Å²) in [5.41, 5.74) is 23.3. The highest BCUT2D eigenvalue weighted by Crippen LogP contribution is 2.50. The summed E-state index contributed by atoms with van der Waals surface area (Å²) in [6, 6.07) is -5.97. The molecule has 24 heteroatoms. The third kappa shape index (κ3) is 23.8. The van der Waals surface area contributed by atoms with Crippen molar-refractivity contribution in [3.8, 4) is 46.0 Å². The third-order valence-electron chi connectivity index (χ3n) is 22.8. The summed E-state index contributed by atoms with van der Waals surface area (Å²) < 4.78 is 324. The van der Waals surface area contributed by atoms with Crippen molar-refractivity contribution in [2.45, 2.75) is 260 Å². The molecule has 672 valence electrons. The standard InChI is InChI=1S/4C24H38N2O4/c4*1-14(2)9-17-13-26-8-7-16-10-21(28-5)22(29-6)11-18(16)19(26)12-20(17)30-24(27)23(25)15(3)4/h4*10-11,14-15,17,19-20,23H,7-9,12-13,25H2,1-6H3/t4*17?,19?,20?,23-/m0000/s1/i5D3,7D2,8D2,19D,20D;5D3,7D2,8D2,10D,11D;7D2,8D2,19D,20D;7D2,8D2,10D,11D. The van der Waals surface area contributed by atoms with Gasteiger partial charge in [0.05, 0.1) is 75.9 Å². The Kier molecular flexibility index (Phi) is 22.7. The van der Waals surface area contributed by atoms with Gasteiger partial charge in [-0.15, -0.1) is 0 Å². The van der Waals surface area contributed by atoms with Crippen LogP contribution in [0.25, 0.3) is 0 Å². The van der Waals surface area contributed by atoms with Crippen molar-refractivity contribution in [2.75, 3.05) is 109 Å². The van der Waals surface area contributed by atoms with Crippen LogP contribution in [0.3, 0.4) is 0 Å². The minimum Gasteiger partial charge on any atom is -0.493 e. The maximum absolute atomic E-state index is 12.9.